The maximum Gasteiger partial charge on any atom is 0.338 e. The molecule has 0 radical (unpaired) electrons. The molecule has 2 amide bonds. The van der Waals surface area contributed by atoms with Gasteiger partial charge in [0.05, 0.1) is 11.1 Å². The summed E-state index contributed by atoms with van der Waals surface area (Å²) in [7, 11) is 0. The van der Waals surface area contributed by atoms with E-state index in [2.05, 4.69) is 5.32 Å². The lowest BCUT2D eigenvalue weighted by molar-refractivity contribution is -0.123. The van der Waals surface area contributed by atoms with Gasteiger partial charge in [0.1, 0.15) is 16.8 Å². The fourth-order valence-electron chi connectivity index (χ4n) is 1.83. The van der Waals surface area contributed by atoms with E-state index in [4.69, 9.17) is 20.5 Å². The van der Waals surface area contributed by atoms with E-state index in [0.29, 0.717) is 16.3 Å². The zero-order valence-electron chi connectivity index (χ0n) is 13.7. The molecule has 8 nitrogen and oxygen atoms in total. The minimum absolute atomic E-state index is 0.213. The molecule has 0 unspecified atom stereocenters. The number of hydrogen-bond donors (Lipinski definition) is 2. The van der Waals surface area contributed by atoms with E-state index in [-0.39, 0.29) is 12.2 Å². The third kappa shape index (κ3) is 5.06. The first-order chi connectivity index (χ1) is 12.4. The highest BCUT2D eigenvalue weighted by Gasteiger charge is 2.20. The molecule has 2 rings (SSSR count). The molecule has 1 atom stereocenters. The van der Waals surface area contributed by atoms with Crippen LogP contribution in [0.4, 0.5) is 5.00 Å². The molecule has 0 aliphatic rings. The fraction of sp³-hybridized carbons (Fsp3) is 0.176. The Morgan fingerprint density at radius 3 is 2.58 bits per heavy atom. The molecule has 0 fully saturated rings. The number of rotatable bonds is 7. The van der Waals surface area contributed by atoms with Crippen molar-refractivity contribution >= 4 is 34.1 Å². The average Bonchev–Trinajstić information content (AvgIpc) is 3.07. The van der Waals surface area contributed by atoms with Crippen molar-refractivity contribution in [2.24, 2.45) is 5.73 Å². The maximum absolute atomic E-state index is 12.1. The number of esters is 1. The molecule has 9 heteroatoms. The van der Waals surface area contributed by atoms with Crippen LogP contribution < -0.4 is 15.8 Å². The Kier molecular flexibility index (Phi) is 6.30. The van der Waals surface area contributed by atoms with E-state index in [1.807, 2.05) is 6.07 Å². The van der Waals surface area contributed by atoms with E-state index in [0.717, 1.165) is 0 Å². The largest absolute Gasteiger partial charge is 0.484 e. The van der Waals surface area contributed by atoms with Crippen molar-refractivity contribution in [1.29, 1.82) is 5.26 Å². The number of benzene rings is 1. The van der Waals surface area contributed by atoms with Crippen molar-refractivity contribution in [3.63, 3.8) is 0 Å². The summed E-state index contributed by atoms with van der Waals surface area (Å²) in [6.45, 7) is 1.16. The van der Waals surface area contributed by atoms with Gasteiger partial charge in [0.15, 0.2) is 12.7 Å². The van der Waals surface area contributed by atoms with E-state index in [9.17, 15) is 14.4 Å². The Labute approximate surface area is 153 Å². The molecule has 26 heavy (non-hydrogen) atoms. The zero-order valence-corrected chi connectivity index (χ0v) is 14.5. The van der Waals surface area contributed by atoms with Crippen molar-refractivity contribution in [3.05, 3.63) is 46.8 Å². The first-order valence-corrected chi connectivity index (χ1v) is 8.29. The second-order valence-electron chi connectivity index (χ2n) is 5.09. The Bertz CT molecular complexity index is 854. The molecule has 0 saturated carbocycles. The number of ether oxygens (including phenoxy) is 2. The quantitative estimate of drug-likeness (QED) is 0.710. The smallest absolute Gasteiger partial charge is 0.338 e. The van der Waals surface area contributed by atoms with Crippen LogP contribution in [-0.4, -0.2) is 30.5 Å². The minimum atomic E-state index is -1.05. The van der Waals surface area contributed by atoms with Crippen LogP contribution in [0.1, 0.15) is 22.8 Å². The molecule has 3 N–H and O–H groups in total. The summed E-state index contributed by atoms with van der Waals surface area (Å²) in [6.07, 6.45) is -1.05. The number of hydrogen-bond acceptors (Lipinski definition) is 7. The van der Waals surface area contributed by atoms with Crippen LogP contribution in [-0.2, 0) is 14.3 Å². The standard InChI is InChI=1S/C17H15N3O5S/c1-10(15(22)20-16-12(8-18)6-7-26-16)25-17(23)11-2-4-13(5-3-11)24-9-14(19)21/h2-7,10H,9H2,1H3,(H2,19,21)(H,20,22)/t10-/m0/s1. The minimum Gasteiger partial charge on any atom is -0.484 e. The molecule has 0 spiro atoms. The van der Waals surface area contributed by atoms with Crippen LogP contribution in [0.2, 0.25) is 0 Å². The third-order valence-corrected chi connectivity index (χ3v) is 3.98. The lowest BCUT2D eigenvalue weighted by atomic mass is 10.2. The summed E-state index contributed by atoms with van der Waals surface area (Å²) in [6, 6.07) is 9.38. The SMILES string of the molecule is C[C@H](OC(=O)c1ccc(OCC(N)=O)cc1)C(=O)Nc1sccc1C#N. The van der Waals surface area contributed by atoms with Crippen molar-refractivity contribution in [3.8, 4) is 11.8 Å². The van der Waals surface area contributed by atoms with Gasteiger partial charge in [0.2, 0.25) is 0 Å². The van der Waals surface area contributed by atoms with Crippen LogP contribution in [0.5, 0.6) is 5.75 Å². The predicted octanol–water partition coefficient (Wildman–Crippen LogP) is 1.67. The van der Waals surface area contributed by atoms with E-state index >= 15 is 0 Å². The Hall–Kier alpha value is -3.38. The average molecular weight is 373 g/mol. The van der Waals surface area contributed by atoms with Gasteiger partial charge >= 0.3 is 5.97 Å². The molecule has 0 aliphatic carbocycles. The number of nitrogens with zero attached hydrogens (tertiary/aromatic N) is 1. The number of nitrogens with one attached hydrogen (secondary N) is 1. The van der Waals surface area contributed by atoms with Gasteiger partial charge in [-0.05, 0) is 42.6 Å². The first kappa shape index (κ1) is 19.0. The first-order valence-electron chi connectivity index (χ1n) is 7.41. The number of carbonyl (C=O) groups excluding carboxylic acids is 3. The third-order valence-electron chi connectivity index (χ3n) is 3.15. The second-order valence-corrected chi connectivity index (χ2v) is 6.01. The van der Waals surface area contributed by atoms with Gasteiger partial charge in [-0.1, -0.05) is 0 Å². The molecule has 0 bridgehead atoms. The number of nitrogens with two attached hydrogens (primary N) is 1. The molecule has 0 saturated heterocycles. The molecule has 1 aromatic heterocycles. The van der Waals surface area contributed by atoms with E-state index in [1.54, 1.807) is 11.4 Å². The summed E-state index contributed by atoms with van der Waals surface area (Å²) in [5, 5.41) is 13.6. The van der Waals surface area contributed by atoms with Crippen LogP contribution in [0.3, 0.4) is 0 Å². The van der Waals surface area contributed by atoms with Crippen molar-refractivity contribution in [2.45, 2.75) is 13.0 Å². The number of amides is 2. The molecule has 1 aromatic carbocycles. The summed E-state index contributed by atoms with van der Waals surface area (Å²) in [5.41, 5.74) is 5.53. The lowest BCUT2D eigenvalue weighted by Gasteiger charge is -2.13. The van der Waals surface area contributed by atoms with E-state index in [1.165, 1.54) is 42.5 Å². The van der Waals surface area contributed by atoms with Gasteiger partial charge in [-0.25, -0.2) is 4.79 Å². The highest BCUT2D eigenvalue weighted by atomic mass is 32.1. The number of anilines is 1. The topological polar surface area (TPSA) is 132 Å². The van der Waals surface area contributed by atoms with Gasteiger partial charge in [-0.2, -0.15) is 5.26 Å². The molecular weight excluding hydrogens is 358 g/mol. The summed E-state index contributed by atoms with van der Waals surface area (Å²) in [4.78, 5) is 34.8. The Balaban J connectivity index is 1.92. The summed E-state index contributed by atoms with van der Waals surface area (Å²) in [5.74, 6) is -1.48. The molecule has 1 heterocycles. The van der Waals surface area contributed by atoms with E-state index < -0.39 is 23.9 Å². The Morgan fingerprint density at radius 2 is 1.96 bits per heavy atom. The van der Waals surface area contributed by atoms with Gasteiger partial charge in [-0.15, -0.1) is 11.3 Å². The van der Waals surface area contributed by atoms with Crippen LogP contribution >= 0.6 is 11.3 Å². The molecule has 0 aliphatic heterocycles. The normalized spacial score (nSPS) is 11.1. The zero-order chi connectivity index (χ0) is 19.1. The van der Waals surface area contributed by atoms with Gasteiger partial charge < -0.3 is 20.5 Å². The second kappa shape index (κ2) is 8.64. The monoisotopic (exact) mass is 373 g/mol. The number of primary amides is 1. The summed E-state index contributed by atoms with van der Waals surface area (Å²) >= 11 is 1.20. The van der Waals surface area contributed by atoms with Crippen LogP contribution in [0, 0.1) is 11.3 Å². The highest BCUT2D eigenvalue weighted by molar-refractivity contribution is 7.14. The summed E-state index contributed by atoms with van der Waals surface area (Å²) < 4.78 is 10.2. The van der Waals surface area contributed by atoms with Gasteiger partial charge in [0, 0.05) is 0 Å². The van der Waals surface area contributed by atoms with Crippen molar-refractivity contribution in [2.75, 3.05) is 11.9 Å². The van der Waals surface area contributed by atoms with Crippen LogP contribution in [0.25, 0.3) is 0 Å². The van der Waals surface area contributed by atoms with Crippen molar-refractivity contribution in [1.82, 2.24) is 0 Å². The fourth-order valence-corrected chi connectivity index (χ4v) is 2.57. The molecular formula is C17H15N3O5S. The molecule has 134 valence electrons. The highest BCUT2D eigenvalue weighted by Crippen LogP contribution is 2.22. The van der Waals surface area contributed by atoms with Gasteiger partial charge in [-0.3, -0.25) is 9.59 Å². The number of carbonyl (C=O) groups is 3. The lowest BCUT2D eigenvalue weighted by Crippen LogP contribution is -2.29. The number of thiophene rings is 1. The maximum atomic E-state index is 12.1. The molecule has 2 aromatic rings. The van der Waals surface area contributed by atoms with Crippen molar-refractivity contribution < 1.29 is 23.9 Å². The van der Waals surface area contributed by atoms with Crippen LogP contribution in [0.15, 0.2) is 35.7 Å². The number of nitriles is 1. The predicted molar refractivity (Wildman–Crippen MR) is 93.7 cm³/mol. The Morgan fingerprint density at radius 1 is 1.27 bits per heavy atom. The van der Waals surface area contributed by atoms with Gasteiger partial charge in [0.25, 0.3) is 11.8 Å².